The summed E-state index contributed by atoms with van der Waals surface area (Å²) in [5.74, 6) is -1.94. The quantitative estimate of drug-likeness (QED) is 0.866. The number of sulfonamides is 2. The summed E-state index contributed by atoms with van der Waals surface area (Å²) in [4.78, 5) is -0.919. The number of hydrogen-bond acceptors (Lipinski definition) is 4. The molecule has 0 saturated carbocycles. The van der Waals surface area contributed by atoms with E-state index in [9.17, 15) is 25.6 Å². The number of halogens is 2. The van der Waals surface area contributed by atoms with Crippen LogP contribution in [0.2, 0.25) is 0 Å². The molecule has 25 heavy (non-hydrogen) atoms. The topological polar surface area (TPSA) is 97.5 Å². The number of fused-ring (bicyclic) bond motifs is 1. The molecule has 0 radical (unpaired) electrons. The van der Waals surface area contributed by atoms with Crippen LogP contribution in [0.5, 0.6) is 0 Å². The highest BCUT2D eigenvalue weighted by Gasteiger charge is 2.38. The van der Waals surface area contributed by atoms with Crippen LogP contribution < -0.4 is 9.44 Å². The summed E-state index contributed by atoms with van der Waals surface area (Å²) in [5, 5.41) is 5.08. The van der Waals surface area contributed by atoms with Gasteiger partial charge in [-0.05, 0) is 55.3 Å². The summed E-state index contributed by atoms with van der Waals surface area (Å²) < 4.78 is 76.9. The van der Waals surface area contributed by atoms with Crippen molar-refractivity contribution in [1.82, 2.24) is 0 Å². The lowest BCUT2D eigenvalue weighted by atomic mass is 10.1. The molecule has 0 saturated heterocycles. The fourth-order valence-corrected chi connectivity index (χ4v) is 5.24. The third-order valence-corrected chi connectivity index (χ3v) is 6.82. The van der Waals surface area contributed by atoms with Gasteiger partial charge in [0.1, 0.15) is 16.5 Å². The smallest absolute Gasteiger partial charge is 0.263 e. The minimum absolute atomic E-state index is 0.144. The van der Waals surface area contributed by atoms with Crippen LogP contribution in [0.1, 0.15) is 12.5 Å². The zero-order valence-electron chi connectivity index (χ0n) is 13.0. The van der Waals surface area contributed by atoms with Gasteiger partial charge < -0.3 is 0 Å². The van der Waals surface area contributed by atoms with Gasteiger partial charge in [0.25, 0.3) is 10.0 Å². The van der Waals surface area contributed by atoms with E-state index >= 15 is 0 Å². The first-order valence-electron chi connectivity index (χ1n) is 7.17. The SMILES string of the molecule is C[C@H]1Cc2cc(S(N)(=O)=O)ccc2N1S(=O)(=O)c1cc(F)ccc1F. The molecule has 0 spiro atoms. The van der Waals surface area contributed by atoms with Crippen molar-refractivity contribution >= 4 is 25.7 Å². The van der Waals surface area contributed by atoms with E-state index in [1.807, 2.05) is 0 Å². The van der Waals surface area contributed by atoms with Gasteiger partial charge in [-0.25, -0.2) is 30.8 Å². The fraction of sp³-hybridized carbons (Fsp3) is 0.200. The Balaban J connectivity index is 2.15. The third-order valence-electron chi connectivity index (χ3n) is 3.96. The molecule has 10 heteroatoms. The van der Waals surface area contributed by atoms with E-state index in [0.29, 0.717) is 11.6 Å². The van der Waals surface area contributed by atoms with Crippen LogP contribution in [0.4, 0.5) is 14.5 Å². The number of anilines is 1. The van der Waals surface area contributed by atoms with Gasteiger partial charge in [-0.1, -0.05) is 0 Å². The van der Waals surface area contributed by atoms with Gasteiger partial charge in [-0.15, -0.1) is 0 Å². The molecule has 2 aromatic rings. The van der Waals surface area contributed by atoms with Gasteiger partial charge in [-0.3, -0.25) is 4.31 Å². The average Bonchev–Trinajstić information content (AvgIpc) is 2.84. The molecule has 0 aromatic heterocycles. The Morgan fingerprint density at radius 3 is 2.40 bits per heavy atom. The molecule has 3 rings (SSSR count). The van der Waals surface area contributed by atoms with E-state index in [-0.39, 0.29) is 17.0 Å². The first-order valence-corrected chi connectivity index (χ1v) is 10.2. The third kappa shape index (κ3) is 3.00. The van der Waals surface area contributed by atoms with E-state index in [0.717, 1.165) is 16.4 Å². The molecule has 6 nitrogen and oxygen atoms in total. The van der Waals surface area contributed by atoms with E-state index in [4.69, 9.17) is 5.14 Å². The molecule has 1 aliphatic heterocycles. The van der Waals surface area contributed by atoms with Crippen molar-refractivity contribution in [2.75, 3.05) is 4.31 Å². The summed E-state index contributed by atoms with van der Waals surface area (Å²) in [5.41, 5.74) is 0.656. The second-order valence-electron chi connectivity index (χ2n) is 5.76. The van der Waals surface area contributed by atoms with Crippen LogP contribution >= 0.6 is 0 Å². The van der Waals surface area contributed by atoms with Crippen molar-refractivity contribution in [2.45, 2.75) is 29.2 Å². The lowest BCUT2D eigenvalue weighted by molar-refractivity contribution is 0.548. The molecule has 134 valence electrons. The Bertz CT molecular complexity index is 1070. The summed E-state index contributed by atoms with van der Waals surface area (Å²) in [6.45, 7) is 1.59. The molecular formula is C15H14F2N2O4S2. The fourth-order valence-electron chi connectivity index (χ4n) is 2.90. The molecule has 1 atom stereocenters. The molecule has 2 aromatic carbocycles. The van der Waals surface area contributed by atoms with E-state index in [1.165, 1.54) is 18.2 Å². The molecule has 2 N–H and O–H groups in total. The number of nitrogens with two attached hydrogens (primary N) is 1. The lowest BCUT2D eigenvalue weighted by Gasteiger charge is -2.24. The van der Waals surface area contributed by atoms with Crippen LogP contribution in [0.15, 0.2) is 46.2 Å². The maximum atomic E-state index is 14.0. The van der Waals surface area contributed by atoms with Crippen LogP contribution in [-0.2, 0) is 26.5 Å². The second kappa shape index (κ2) is 5.75. The Labute approximate surface area is 144 Å². The van der Waals surface area contributed by atoms with Crippen molar-refractivity contribution in [2.24, 2.45) is 5.14 Å². The van der Waals surface area contributed by atoms with Crippen LogP contribution in [-0.4, -0.2) is 22.9 Å². The first kappa shape index (κ1) is 17.8. The highest BCUT2D eigenvalue weighted by Crippen LogP contribution is 2.38. The highest BCUT2D eigenvalue weighted by molar-refractivity contribution is 7.93. The second-order valence-corrected chi connectivity index (χ2v) is 9.11. The molecule has 0 aliphatic carbocycles. The van der Waals surface area contributed by atoms with Crippen molar-refractivity contribution in [1.29, 1.82) is 0 Å². The minimum atomic E-state index is -4.37. The van der Waals surface area contributed by atoms with Gasteiger partial charge in [-0.2, -0.15) is 0 Å². The Kier molecular flexibility index (Phi) is 4.09. The Morgan fingerprint density at radius 2 is 1.76 bits per heavy atom. The van der Waals surface area contributed by atoms with Crippen LogP contribution in [0.25, 0.3) is 0 Å². The molecule has 0 unspecified atom stereocenters. The predicted octanol–water partition coefficient (Wildman–Crippen LogP) is 1.75. The van der Waals surface area contributed by atoms with Crippen molar-refractivity contribution in [3.63, 3.8) is 0 Å². The van der Waals surface area contributed by atoms with Gasteiger partial charge in [0, 0.05) is 6.04 Å². The standard InChI is InChI=1S/C15H14F2N2O4S2/c1-9-6-10-7-12(24(18,20)21)3-5-14(10)19(9)25(22,23)15-8-11(16)2-4-13(15)17/h2-5,7-9H,6H2,1H3,(H2,18,20,21)/t9-/m0/s1. The van der Waals surface area contributed by atoms with Crippen molar-refractivity contribution < 1.29 is 25.6 Å². The molecular weight excluding hydrogens is 374 g/mol. The number of rotatable bonds is 3. The Hall–Kier alpha value is -2.04. The van der Waals surface area contributed by atoms with Gasteiger partial charge in [0.15, 0.2) is 0 Å². The summed E-state index contributed by atoms with van der Waals surface area (Å²) in [6, 6.07) is 5.36. The maximum Gasteiger partial charge on any atom is 0.267 e. The largest absolute Gasteiger partial charge is 0.267 e. The zero-order chi connectivity index (χ0) is 18.6. The number of hydrogen-bond donors (Lipinski definition) is 1. The molecule has 0 bridgehead atoms. The van der Waals surface area contributed by atoms with Crippen LogP contribution in [0, 0.1) is 11.6 Å². The summed E-state index contributed by atoms with van der Waals surface area (Å²) >= 11 is 0. The molecule has 1 heterocycles. The van der Waals surface area contributed by atoms with E-state index in [1.54, 1.807) is 6.92 Å². The molecule has 0 fully saturated rings. The van der Waals surface area contributed by atoms with Crippen LogP contribution in [0.3, 0.4) is 0 Å². The normalized spacial score (nSPS) is 17.6. The minimum Gasteiger partial charge on any atom is -0.263 e. The highest BCUT2D eigenvalue weighted by atomic mass is 32.2. The zero-order valence-corrected chi connectivity index (χ0v) is 14.6. The van der Waals surface area contributed by atoms with Gasteiger partial charge in [0.2, 0.25) is 10.0 Å². The van der Waals surface area contributed by atoms with Gasteiger partial charge >= 0.3 is 0 Å². The maximum absolute atomic E-state index is 14.0. The molecule has 1 aliphatic rings. The predicted molar refractivity (Wildman–Crippen MR) is 87.0 cm³/mol. The van der Waals surface area contributed by atoms with Crippen molar-refractivity contribution in [3.05, 3.63) is 53.6 Å². The number of primary sulfonamides is 1. The van der Waals surface area contributed by atoms with E-state index < -0.39 is 42.6 Å². The van der Waals surface area contributed by atoms with E-state index in [2.05, 4.69) is 0 Å². The Morgan fingerprint density at radius 1 is 1.08 bits per heavy atom. The monoisotopic (exact) mass is 388 g/mol. The first-order chi connectivity index (χ1) is 11.5. The van der Waals surface area contributed by atoms with Gasteiger partial charge in [0.05, 0.1) is 10.6 Å². The lowest BCUT2D eigenvalue weighted by Crippen LogP contribution is -2.36. The summed E-state index contributed by atoms with van der Waals surface area (Å²) in [7, 11) is -8.30. The number of nitrogens with zero attached hydrogens (tertiary/aromatic N) is 1. The van der Waals surface area contributed by atoms with Crippen molar-refractivity contribution in [3.8, 4) is 0 Å². The average molecular weight is 388 g/mol. The summed E-state index contributed by atoms with van der Waals surface area (Å²) in [6.07, 6.45) is 0.217. The number of benzene rings is 2. The molecule has 0 amide bonds.